The highest BCUT2D eigenvalue weighted by molar-refractivity contribution is 7.99. The van der Waals surface area contributed by atoms with E-state index in [1.807, 2.05) is 0 Å². The van der Waals surface area contributed by atoms with Gasteiger partial charge in [0.2, 0.25) is 11.8 Å². The first-order valence-electron chi connectivity index (χ1n) is 10.3. The van der Waals surface area contributed by atoms with Crippen molar-refractivity contribution in [1.29, 1.82) is 0 Å². The molecule has 0 bridgehead atoms. The molecule has 2 aromatic rings. The Labute approximate surface area is 189 Å². The van der Waals surface area contributed by atoms with Gasteiger partial charge < -0.3 is 19.9 Å². The molecule has 1 N–H and O–H groups in total. The molecule has 0 radical (unpaired) electrons. The molecule has 2 fully saturated rings. The van der Waals surface area contributed by atoms with Crippen LogP contribution in [0, 0.1) is 0 Å². The molecule has 2 heterocycles. The van der Waals surface area contributed by atoms with Crippen LogP contribution < -0.4 is 5.32 Å². The van der Waals surface area contributed by atoms with Gasteiger partial charge >= 0.3 is 5.97 Å². The van der Waals surface area contributed by atoms with E-state index >= 15 is 0 Å². The van der Waals surface area contributed by atoms with E-state index in [0.717, 1.165) is 5.56 Å². The summed E-state index contributed by atoms with van der Waals surface area (Å²) < 4.78 is 4.98. The Morgan fingerprint density at radius 3 is 2.66 bits per heavy atom. The largest absolute Gasteiger partial charge is 0.462 e. The van der Waals surface area contributed by atoms with E-state index in [-0.39, 0.29) is 36.9 Å². The van der Waals surface area contributed by atoms with Gasteiger partial charge in [0, 0.05) is 23.5 Å². The van der Waals surface area contributed by atoms with Gasteiger partial charge in [-0.25, -0.2) is 4.79 Å². The number of nitrogens with zero attached hydrogens (tertiary/aromatic N) is 2. The van der Waals surface area contributed by atoms with Crippen molar-refractivity contribution in [2.45, 2.75) is 19.5 Å². The number of rotatable bonds is 6. The maximum absolute atomic E-state index is 12.7. The number of nitrogens with one attached hydrogen (secondary N) is 1. The lowest BCUT2D eigenvalue weighted by Gasteiger charge is -2.35. The molecule has 9 heteroatoms. The number of carbonyl (C=O) groups excluding carboxylic acids is 4. The number of esters is 1. The average Bonchev–Trinajstić information content (AvgIpc) is 3.29. The zero-order valence-corrected chi connectivity index (χ0v) is 18.4. The maximum Gasteiger partial charge on any atom is 0.338 e. The average molecular weight is 454 g/mol. The first kappa shape index (κ1) is 21.9. The zero-order chi connectivity index (χ0) is 22.7. The van der Waals surface area contributed by atoms with Crippen molar-refractivity contribution < 1.29 is 23.9 Å². The van der Waals surface area contributed by atoms with Crippen LogP contribution in [0.4, 0.5) is 5.69 Å². The summed E-state index contributed by atoms with van der Waals surface area (Å²) in [6, 6.07) is 13.1. The predicted octanol–water partition coefficient (Wildman–Crippen LogP) is 2.36. The lowest BCUT2D eigenvalue weighted by molar-refractivity contribution is -0.153. The smallest absolute Gasteiger partial charge is 0.338 e. The normalized spacial score (nSPS) is 17.8. The predicted molar refractivity (Wildman–Crippen MR) is 120 cm³/mol. The van der Waals surface area contributed by atoms with E-state index in [9.17, 15) is 19.2 Å². The van der Waals surface area contributed by atoms with E-state index in [0.29, 0.717) is 35.0 Å². The minimum Gasteiger partial charge on any atom is -0.462 e. The standard InChI is InChI=1S/C23H23N3O5S/c1-2-31-23(30)17-4-3-5-18(10-17)24-21(28)16-8-6-15(7-9-16)11-25-12-20(27)26-14-32-13-19(26)22(25)29/h3-10,19H,2,11-14H2,1H3,(H,24,28). The zero-order valence-electron chi connectivity index (χ0n) is 17.6. The number of carbonyl (C=O) groups is 4. The third-order valence-electron chi connectivity index (χ3n) is 5.35. The molecule has 0 saturated carbocycles. The molecule has 0 aliphatic carbocycles. The number of hydrogen-bond acceptors (Lipinski definition) is 6. The molecule has 8 nitrogen and oxygen atoms in total. The highest BCUT2D eigenvalue weighted by Crippen LogP contribution is 2.26. The Hall–Kier alpha value is -3.33. The van der Waals surface area contributed by atoms with Gasteiger partial charge in [-0.05, 0) is 42.8 Å². The Morgan fingerprint density at radius 2 is 1.91 bits per heavy atom. The summed E-state index contributed by atoms with van der Waals surface area (Å²) in [7, 11) is 0. The Bertz CT molecular complexity index is 1060. The number of hydrogen-bond donors (Lipinski definition) is 1. The van der Waals surface area contributed by atoms with Crippen molar-refractivity contribution in [1.82, 2.24) is 9.80 Å². The molecule has 32 heavy (non-hydrogen) atoms. The van der Waals surface area contributed by atoms with Crippen molar-refractivity contribution in [3.8, 4) is 0 Å². The molecule has 2 aromatic carbocycles. The third kappa shape index (κ3) is 4.62. The Kier molecular flexibility index (Phi) is 6.45. The molecule has 1 unspecified atom stereocenters. The van der Waals surface area contributed by atoms with Crippen LogP contribution in [0.5, 0.6) is 0 Å². The summed E-state index contributed by atoms with van der Waals surface area (Å²) in [5.74, 6) is 0.393. The summed E-state index contributed by atoms with van der Waals surface area (Å²) >= 11 is 1.59. The topological polar surface area (TPSA) is 96.0 Å². The minimum atomic E-state index is -0.446. The molecule has 3 amide bonds. The number of ether oxygens (including phenoxy) is 1. The van der Waals surface area contributed by atoms with Crippen LogP contribution in [-0.4, -0.2) is 64.3 Å². The van der Waals surface area contributed by atoms with Crippen molar-refractivity contribution in [3.63, 3.8) is 0 Å². The van der Waals surface area contributed by atoms with Crippen molar-refractivity contribution >= 4 is 41.1 Å². The van der Waals surface area contributed by atoms with Crippen LogP contribution in [-0.2, 0) is 20.9 Å². The highest BCUT2D eigenvalue weighted by atomic mass is 32.2. The van der Waals surface area contributed by atoms with Gasteiger partial charge in [0.25, 0.3) is 5.91 Å². The van der Waals surface area contributed by atoms with Crippen LogP contribution in [0.15, 0.2) is 48.5 Å². The van der Waals surface area contributed by atoms with Crippen LogP contribution in [0.25, 0.3) is 0 Å². The van der Waals surface area contributed by atoms with Crippen LogP contribution in [0.2, 0.25) is 0 Å². The van der Waals surface area contributed by atoms with E-state index in [4.69, 9.17) is 4.74 Å². The lowest BCUT2D eigenvalue weighted by atomic mass is 10.1. The van der Waals surface area contributed by atoms with E-state index < -0.39 is 5.97 Å². The molecule has 2 aliphatic rings. The Morgan fingerprint density at radius 1 is 1.12 bits per heavy atom. The number of benzene rings is 2. The SMILES string of the molecule is CCOC(=O)c1cccc(NC(=O)c2ccc(CN3CC(=O)N4CSCC4C3=O)cc2)c1. The summed E-state index contributed by atoms with van der Waals surface area (Å²) in [5, 5.41) is 2.77. The monoisotopic (exact) mass is 453 g/mol. The molecule has 0 aromatic heterocycles. The second-order valence-corrected chi connectivity index (χ2v) is 8.53. The number of piperazine rings is 1. The first-order valence-corrected chi connectivity index (χ1v) is 11.4. The van der Waals surface area contributed by atoms with E-state index in [2.05, 4.69) is 5.32 Å². The molecular weight excluding hydrogens is 430 g/mol. The molecular formula is C23H23N3O5S. The van der Waals surface area contributed by atoms with Gasteiger partial charge in [0.1, 0.15) is 12.6 Å². The van der Waals surface area contributed by atoms with Gasteiger partial charge in [0.15, 0.2) is 0 Å². The number of fused-ring (bicyclic) bond motifs is 1. The number of anilines is 1. The molecule has 2 saturated heterocycles. The maximum atomic E-state index is 12.7. The molecule has 1 atom stereocenters. The fraction of sp³-hybridized carbons (Fsp3) is 0.304. The highest BCUT2D eigenvalue weighted by Gasteiger charge is 2.42. The summed E-state index contributed by atoms with van der Waals surface area (Å²) in [6.45, 7) is 2.41. The first-order chi connectivity index (χ1) is 15.5. The summed E-state index contributed by atoms with van der Waals surface area (Å²) in [5.41, 5.74) is 2.13. The van der Waals surface area contributed by atoms with Crippen molar-refractivity contribution in [2.75, 3.05) is 30.1 Å². The molecule has 4 rings (SSSR count). The number of thioether (sulfide) groups is 1. The number of amides is 3. The second-order valence-electron chi connectivity index (χ2n) is 7.53. The quantitative estimate of drug-likeness (QED) is 0.675. The van der Waals surface area contributed by atoms with E-state index in [1.54, 1.807) is 77.0 Å². The fourth-order valence-corrected chi connectivity index (χ4v) is 4.86. The van der Waals surface area contributed by atoms with Gasteiger partial charge in [-0.2, -0.15) is 0 Å². The van der Waals surface area contributed by atoms with Crippen molar-refractivity contribution in [2.24, 2.45) is 0 Å². The molecule has 0 spiro atoms. The molecule has 2 aliphatic heterocycles. The molecule has 166 valence electrons. The van der Waals surface area contributed by atoms with Crippen molar-refractivity contribution in [3.05, 3.63) is 65.2 Å². The summed E-state index contributed by atoms with van der Waals surface area (Å²) in [6.07, 6.45) is 0. The fourth-order valence-electron chi connectivity index (χ4n) is 3.69. The lowest BCUT2D eigenvalue weighted by Crippen LogP contribution is -2.57. The summed E-state index contributed by atoms with van der Waals surface area (Å²) in [4.78, 5) is 52.6. The van der Waals surface area contributed by atoms with Gasteiger partial charge in [0.05, 0.1) is 18.0 Å². The van der Waals surface area contributed by atoms with Crippen LogP contribution in [0.3, 0.4) is 0 Å². The third-order valence-corrected chi connectivity index (χ3v) is 6.36. The van der Waals surface area contributed by atoms with Crippen LogP contribution >= 0.6 is 11.8 Å². The van der Waals surface area contributed by atoms with Gasteiger partial charge in [-0.1, -0.05) is 18.2 Å². The second kappa shape index (κ2) is 9.44. The Balaban J connectivity index is 1.39. The van der Waals surface area contributed by atoms with Gasteiger partial charge in [-0.3, -0.25) is 14.4 Å². The van der Waals surface area contributed by atoms with Crippen LogP contribution in [0.1, 0.15) is 33.2 Å². The van der Waals surface area contributed by atoms with Gasteiger partial charge in [-0.15, -0.1) is 11.8 Å². The minimum absolute atomic E-state index is 0.0272. The van der Waals surface area contributed by atoms with E-state index in [1.165, 1.54) is 0 Å².